The van der Waals surface area contributed by atoms with Gasteiger partial charge in [-0.1, -0.05) is 13.8 Å². The van der Waals surface area contributed by atoms with Crippen LogP contribution in [0.1, 0.15) is 33.3 Å². The van der Waals surface area contributed by atoms with Crippen LogP contribution >= 0.6 is 0 Å². The Hall–Kier alpha value is -1.13. The minimum absolute atomic E-state index is 0.478. The Morgan fingerprint density at radius 2 is 2.16 bits per heavy atom. The lowest BCUT2D eigenvalue weighted by Crippen LogP contribution is -2.30. The molecule has 0 aliphatic carbocycles. The van der Waals surface area contributed by atoms with Crippen LogP contribution < -0.4 is 10.2 Å². The third kappa shape index (κ3) is 5.57. The molecule has 0 spiro atoms. The predicted molar refractivity (Wildman–Crippen MR) is 80.6 cm³/mol. The van der Waals surface area contributed by atoms with Crippen molar-refractivity contribution in [1.29, 1.82) is 0 Å². The summed E-state index contributed by atoms with van der Waals surface area (Å²) in [6, 6.07) is 2.57. The molecule has 0 amide bonds. The van der Waals surface area contributed by atoms with Crippen LogP contribution in [-0.4, -0.2) is 37.3 Å². The van der Waals surface area contributed by atoms with Gasteiger partial charge >= 0.3 is 0 Å². The van der Waals surface area contributed by atoms with Gasteiger partial charge in [0.15, 0.2) is 0 Å². The molecule has 19 heavy (non-hydrogen) atoms. The summed E-state index contributed by atoms with van der Waals surface area (Å²) in [5.41, 5.74) is 2.50. The van der Waals surface area contributed by atoms with Crippen molar-refractivity contribution in [2.75, 3.05) is 31.2 Å². The third-order valence-corrected chi connectivity index (χ3v) is 3.01. The highest BCUT2D eigenvalue weighted by Gasteiger charge is 2.09. The first-order chi connectivity index (χ1) is 9.19. The largest absolute Gasteiger partial charge is 0.380 e. The topological polar surface area (TPSA) is 37.4 Å². The van der Waals surface area contributed by atoms with E-state index in [2.05, 4.69) is 42.0 Å². The first kappa shape index (κ1) is 15.9. The molecule has 1 heterocycles. The van der Waals surface area contributed by atoms with Gasteiger partial charge in [0.2, 0.25) is 0 Å². The Morgan fingerprint density at radius 1 is 1.37 bits per heavy atom. The highest BCUT2D eigenvalue weighted by Crippen LogP contribution is 2.19. The van der Waals surface area contributed by atoms with Crippen LogP contribution in [0.4, 0.5) is 5.69 Å². The molecule has 0 aliphatic rings. The number of nitrogens with one attached hydrogen (secondary N) is 1. The molecule has 0 fully saturated rings. The number of rotatable bonds is 9. The summed E-state index contributed by atoms with van der Waals surface area (Å²) in [6.07, 6.45) is 3.81. The second-order valence-corrected chi connectivity index (χ2v) is 4.82. The molecule has 1 N–H and O–H groups in total. The van der Waals surface area contributed by atoms with E-state index in [-0.39, 0.29) is 0 Å². The zero-order chi connectivity index (χ0) is 14.1. The van der Waals surface area contributed by atoms with E-state index in [1.54, 1.807) is 0 Å². The molecule has 0 saturated heterocycles. The fourth-order valence-electron chi connectivity index (χ4n) is 1.95. The number of aromatic nitrogens is 1. The number of likely N-dealkylation sites (N-methyl/N-ethyl adjacent to an activating group) is 1. The number of ether oxygens (including phenoxy) is 1. The number of anilines is 1. The quantitative estimate of drug-likeness (QED) is 0.696. The highest BCUT2D eigenvalue weighted by molar-refractivity contribution is 5.52. The maximum atomic E-state index is 5.45. The standard InChI is InChI=1S/C15H27N3O/c1-5-18(9-10-19-6-2)15-7-8-16-11-14(15)12-17-13(3)4/h7-8,11,13,17H,5-6,9-10,12H2,1-4H3. The van der Waals surface area contributed by atoms with Crippen molar-refractivity contribution in [3.8, 4) is 0 Å². The van der Waals surface area contributed by atoms with Gasteiger partial charge in [-0.2, -0.15) is 0 Å². The maximum absolute atomic E-state index is 5.45. The smallest absolute Gasteiger partial charge is 0.0641 e. The summed E-state index contributed by atoms with van der Waals surface area (Å²) >= 11 is 0. The molecule has 1 rings (SSSR count). The molecular formula is C15H27N3O. The van der Waals surface area contributed by atoms with Gasteiger partial charge in [0.05, 0.1) is 6.61 Å². The van der Waals surface area contributed by atoms with Crippen molar-refractivity contribution in [2.45, 2.75) is 40.3 Å². The minimum atomic E-state index is 0.478. The Morgan fingerprint density at radius 3 is 2.79 bits per heavy atom. The Bertz CT molecular complexity index is 355. The van der Waals surface area contributed by atoms with Crippen LogP contribution in [-0.2, 0) is 11.3 Å². The monoisotopic (exact) mass is 265 g/mol. The van der Waals surface area contributed by atoms with Gasteiger partial charge in [-0.3, -0.25) is 4.98 Å². The summed E-state index contributed by atoms with van der Waals surface area (Å²) in [6.45, 7) is 12.8. The van der Waals surface area contributed by atoms with Crippen LogP contribution in [0, 0.1) is 0 Å². The van der Waals surface area contributed by atoms with Crippen molar-refractivity contribution in [3.63, 3.8) is 0 Å². The van der Waals surface area contributed by atoms with Gasteiger partial charge in [-0.05, 0) is 19.9 Å². The summed E-state index contributed by atoms with van der Waals surface area (Å²) in [5.74, 6) is 0. The van der Waals surface area contributed by atoms with Gasteiger partial charge in [-0.25, -0.2) is 0 Å². The summed E-state index contributed by atoms with van der Waals surface area (Å²) in [7, 11) is 0. The van der Waals surface area contributed by atoms with E-state index in [4.69, 9.17) is 4.74 Å². The zero-order valence-corrected chi connectivity index (χ0v) is 12.6. The number of pyridine rings is 1. The molecule has 1 aromatic rings. The fraction of sp³-hybridized carbons (Fsp3) is 0.667. The number of hydrogen-bond donors (Lipinski definition) is 1. The lowest BCUT2D eigenvalue weighted by Gasteiger charge is -2.25. The Balaban J connectivity index is 2.72. The average molecular weight is 265 g/mol. The fourth-order valence-corrected chi connectivity index (χ4v) is 1.95. The van der Waals surface area contributed by atoms with E-state index >= 15 is 0 Å². The molecule has 0 bridgehead atoms. The van der Waals surface area contributed by atoms with Crippen LogP contribution in [0.3, 0.4) is 0 Å². The molecule has 0 unspecified atom stereocenters. The van der Waals surface area contributed by atoms with Gasteiger partial charge < -0.3 is 15.0 Å². The van der Waals surface area contributed by atoms with E-state index in [0.717, 1.165) is 32.8 Å². The Labute approximate surface area is 117 Å². The average Bonchev–Trinajstić information content (AvgIpc) is 2.42. The van der Waals surface area contributed by atoms with E-state index in [0.29, 0.717) is 6.04 Å². The van der Waals surface area contributed by atoms with Gasteiger partial charge in [0.25, 0.3) is 0 Å². The van der Waals surface area contributed by atoms with E-state index in [1.165, 1.54) is 11.3 Å². The second kappa shape index (κ2) is 8.88. The van der Waals surface area contributed by atoms with Gasteiger partial charge in [-0.15, -0.1) is 0 Å². The Kier molecular flexibility index (Phi) is 7.45. The molecule has 0 radical (unpaired) electrons. The first-order valence-corrected chi connectivity index (χ1v) is 7.18. The second-order valence-electron chi connectivity index (χ2n) is 4.82. The maximum Gasteiger partial charge on any atom is 0.0641 e. The number of nitrogens with zero attached hydrogens (tertiary/aromatic N) is 2. The van der Waals surface area contributed by atoms with E-state index < -0.39 is 0 Å². The minimum Gasteiger partial charge on any atom is -0.380 e. The lowest BCUT2D eigenvalue weighted by molar-refractivity contribution is 0.154. The molecule has 4 nitrogen and oxygen atoms in total. The molecule has 0 saturated carbocycles. The molecule has 0 atom stereocenters. The van der Waals surface area contributed by atoms with Crippen molar-refractivity contribution >= 4 is 5.69 Å². The molecular weight excluding hydrogens is 238 g/mol. The first-order valence-electron chi connectivity index (χ1n) is 7.18. The number of hydrogen-bond acceptors (Lipinski definition) is 4. The van der Waals surface area contributed by atoms with Crippen molar-refractivity contribution in [2.24, 2.45) is 0 Å². The van der Waals surface area contributed by atoms with Crippen molar-refractivity contribution < 1.29 is 4.74 Å². The van der Waals surface area contributed by atoms with Crippen LogP contribution in [0.5, 0.6) is 0 Å². The summed E-state index contributed by atoms with van der Waals surface area (Å²) in [4.78, 5) is 6.58. The van der Waals surface area contributed by atoms with Crippen LogP contribution in [0.2, 0.25) is 0 Å². The SMILES string of the molecule is CCOCCN(CC)c1ccncc1CNC(C)C. The third-order valence-electron chi connectivity index (χ3n) is 3.01. The molecule has 4 heteroatoms. The summed E-state index contributed by atoms with van der Waals surface area (Å²) < 4.78 is 5.45. The highest BCUT2D eigenvalue weighted by atomic mass is 16.5. The zero-order valence-electron chi connectivity index (χ0n) is 12.6. The van der Waals surface area contributed by atoms with E-state index in [1.807, 2.05) is 19.3 Å². The summed E-state index contributed by atoms with van der Waals surface area (Å²) in [5, 5.41) is 3.45. The van der Waals surface area contributed by atoms with Gasteiger partial charge in [0, 0.05) is 55.9 Å². The van der Waals surface area contributed by atoms with Crippen molar-refractivity contribution in [3.05, 3.63) is 24.0 Å². The predicted octanol–water partition coefficient (Wildman–Crippen LogP) is 2.44. The van der Waals surface area contributed by atoms with Gasteiger partial charge in [0.1, 0.15) is 0 Å². The van der Waals surface area contributed by atoms with Crippen molar-refractivity contribution in [1.82, 2.24) is 10.3 Å². The lowest BCUT2D eigenvalue weighted by atomic mass is 10.2. The van der Waals surface area contributed by atoms with Crippen LogP contribution in [0.25, 0.3) is 0 Å². The molecule has 108 valence electrons. The molecule has 0 aliphatic heterocycles. The molecule has 0 aromatic carbocycles. The van der Waals surface area contributed by atoms with E-state index in [9.17, 15) is 0 Å². The molecule has 1 aromatic heterocycles. The normalized spacial score (nSPS) is 11.0. The van der Waals surface area contributed by atoms with Crippen LogP contribution in [0.15, 0.2) is 18.5 Å².